The largest absolute Gasteiger partial charge is 2.00 e. The van der Waals surface area contributed by atoms with Crippen molar-refractivity contribution in [3.8, 4) is 0 Å². The van der Waals surface area contributed by atoms with E-state index in [9.17, 15) is 4.79 Å². The Morgan fingerprint density at radius 2 is 2.17 bits per heavy atom. The fourth-order valence-electron chi connectivity index (χ4n) is 0. The summed E-state index contributed by atoms with van der Waals surface area (Å²) in [5, 5.41) is 0. The molecule has 0 fully saturated rings. The van der Waals surface area contributed by atoms with E-state index in [-0.39, 0.29) is 50.3 Å². The van der Waals surface area contributed by atoms with Crippen molar-refractivity contribution in [3.63, 3.8) is 0 Å². The molecule has 0 unspecified atom stereocenters. The summed E-state index contributed by atoms with van der Waals surface area (Å²) in [6.07, 6.45) is 0. The van der Waals surface area contributed by atoms with Gasteiger partial charge in [0.05, 0.1) is 7.11 Å². The molecule has 0 heterocycles. The summed E-state index contributed by atoms with van der Waals surface area (Å²) in [5.41, 5.74) is 0. The minimum absolute atomic E-state index is 0. The first-order valence-corrected chi connectivity index (χ1v) is 1.17. The molecule has 0 aliphatic carbocycles. The van der Waals surface area contributed by atoms with Crippen molar-refractivity contribution < 1.29 is 11.0 Å². The van der Waals surface area contributed by atoms with Crippen LogP contribution in [-0.2, 0) is 9.53 Å². The third kappa shape index (κ3) is 8.86. The Balaban J connectivity index is -0.0000000800. The van der Waals surface area contributed by atoms with Gasteiger partial charge in [-0.2, -0.15) is 0 Å². The number of hydrogen-bond donors (Lipinski definition) is 0. The molecule has 0 aromatic carbocycles. The molecule has 0 atom stereocenters. The van der Waals surface area contributed by atoms with Crippen molar-refractivity contribution in [2.45, 2.75) is 0 Å². The van der Waals surface area contributed by atoms with Gasteiger partial charge in [0.2, 0.25) is 0 Å². The second-order valence-corrected chi connectivity index (χ2v) is 0.576. The Labute approximate surface area is 78.8 Å². The predicted octanol–water partition coefficient (Wildman–Crippen LogP) is -0.275. The second-order valence-electron chi connectivity index (χ2n) is 0.576. The van der Waals surface area contributed by atoms with Gasteiger partial charge in [-0.25, -0.2) is 0 Å². The van der Waals surface area contributed by atoms with Crippen LogP contribution < -0.4 is 0 Å². The van der Waals surface area contributed by atoms with Crippen LogP contribution in [0.25, 0.3) is 0 Å². The molecule has 2 nitrogen and oxygen atoms in total. The number of ether oxygens (including phenoxy) is 1. The van der Waals surface area contributed by atoms with E-state index in [1.165, 1.54) is 7.11 Å². The molecule has 0 N–H and O–H groups in total. The van der Waals surface area contributed by atoms with Gasteiger partial charge in [0, 0.05) is 0 Å². The average molecular weight is 211 g/mol. The molecule has 0 spiro atoms. The van der Waals surface area contributed by atoms with Gasteiger partial charge in [-0.3, -0.25) is 11.7 Å². The standard InChI is InChI=1S/C3H5O2.Ba.H/c1-3(4)5-2;;/h1H2,2H3;;/q-1;+2;-1. The van der Waals surface area contributed by atoms with E-state index in [2.05, 4.69) is 11.7 Å². The molecule has 32 valence electrons. The summed E-state index contributed by atoms with van der Waals surface area (Å²) >= 11 is 0. The van der Waals surface area contributed by atoms with Gasteiger partial charge in [0.15, 0.2) is 5.97 Å². The molecule has 0 rings (SSSR count). The molecule has 0 saturated carbocycles. The first-order chi connectivity index (χ1) is 2.27. The summed E-state index contributed by atoms with van der Waals surface area (Å²) in [4.78, 5) is 9.48. The van der Waals surface area contributed by atoms with Gasteiger partial charge in [-0.15, -0.1) is 0 Å². The van der Waals surface area contributed by atoms with Crippen molar-refractivity contribution in [2.24, 2.45) is 0 Å². The zero-order chi connectivity index (χ0) is 4.28. The molecular formula is C3H6BaO2. The van der Waals surface area contributed by atoms with Crippen LogP contribution in [0, 0.1) is 6.92 Å². The van der Waals surface area contributed by atoms with Gasteiger partial charge >= 0.3 is 48.9 Å². The monoisotopic (exact) mass is 212 g/mol. The maximum Gasteiger partial charge on any atom is 2.00 e. The zero-order valence-corrected chi connectivity index (χ0v) is 8.17. The number of carbonyl (C=O) groups excluding carboxylic acids is 1. The van der Waals surface area contributed by atoms with Crippen LogP contribution in [0.2, 0.25) is 0 Å². The quantitative estimate of drug-likeness (QED) is 0.313. The van der Waals surface area contributed by atoms with Gasteiger partial charge in [0.1, 0.15) is 0 Å². The van der Waals surface area contributed by atoms with Crippen molar-refractivity contribution in [1.29, 1.82) is 0 Å². The van der Waals surface area contributed by atoms with Crippen LogP contribution in [0.15, 0.2) is 0 Å². The van der Waals surface area contributed by atoms with Crippen molar-refractivity contribution >= 4 is 54.9 Å². The van der Waals surface area contributed by atoms with E-state index in [1.807, 2.05) is 0 Å². The molecule has 3 heteroatoms. The van der Waals surface area contributed by atoms with Crippen molar-refractivity contribution in [2.75, 3.05) is 7.11 Å². The summed E-state index contributed by atoms with van der Waals surface area (Å²) in [6.45, 7) is 2.90. The van der Waals surface area contributed by atoms with E-state index < -0.39 is 5.97 Å². The minimum atomic E-state index is -0.495. The molecule has 0 radical (unpaired) electrons. The SMILES string of the molecule is [Ba+2].[CH2-]C(=O)OC.[H-]. The Bertz CT molecular complexity index is 48.2. The van der Waals surface area contributed by atoms with Crippen LogP contribution in [0.5, 0.6) is 0 Å². The van der Waals surface area contributed by atoms with Crippen LogP contribution in [-0.4, -0.2) is 62.0 Å². The molecule has 0 aliphatic heterocycles. The molecular weight excluding hydrogens is 205 g/mol. The Kier molecular flexibility index (Phi) is 9.86. The Hall–Kier alpha value is 0.911. The van der Waals surface area contributed by atoms with Gasteiger partial charge in [-0.05, 0) is 0 Å². The molecule has 0 aromatic heterocycles. The first kappa shape index (κ1) is 10.0. The Morgan fingerprint density at radius 1 is 2.00 bits per heavy atom. The number of carbonyl (C=O) groups is 1. The first-order valence-electron chi connectivity index (χ1n) is 1.17. The van der Waals surface area contributed by atoms with Crippen molar-refractivity contribution in [1.82, 2.24) is 0 Å². The van der Waals surface area contributed by atoms with Crippen LogP contribution >= 0.6 is 0 Å². The van der Waals surface area contributed by atoms with E-state index in [0.29, 0.717) is 0 Å². The van der Waals surface area contributed by atoms with Crippen LogP contribution in [0.4, 0.5) is 0 Å². The van der Waals surface area contributed by atoms with Crippen molar-refractivity contribution in [3.05, 3.63) is 6.92 Å². The summed E-state index contributed by atoms with van der Waals surface area (Å²) < 4.78 is 4.00. The van der Waals surface area contributed by atoms with E-state index in [4.69, 9.17) is 0 Å². The smallest absolute Gasteiger partial charge is 1.00 e. The fourth-order valence-corrected chi connectivity index (χ4v) is 0. The van der Waals surface area contributed by atoms with E-state index in [1.54, 1.807) is 0 Å². The number of rotatable bonds is 0. The predicted molar refractivity (Wildman–Crippen MR) is 24.2 cm³/mol. The van der Waals surface area contributed by atoms with Crippen LogP contribution in [0.1, 0.15) is 1.43 Å². The summed E-state index contributed by atoms with van der Waals surface area (Å²) in [6, 6.07) is 0. The molecule has 0 aliphatic rings. The molecule has 0 saturated heterocycles. The number of methoxy groups -OCH3 is 1. The third-order valence-corrected chi connectivity index (χ3v) is 0.228. The third-order valence-electron chi connectivity index (χ3n) is 0.228. The van der Waals surface area contributed by atoms with Crippen LogP contribution in [0.3, 0.4) is 0 Å². The van der Waals surface area contributed by atoms with Gasteiger partial charge < -0.3 is 6.16 Å². The molecule has 0 amide bonds. The topological polar surface area (TPSA) is 26.3 Å². The van der Waals surface area contributed by atoms with Gasteiger partial charge in [-0.1, -0.05) is 0 Å². The van der Waals surface area contributed by atoms with Gasteiger partial charge in [0.25, 0.3) is 0 Å². The maximum atomic E-state index is 9.48. The Morgan fingerprint density at radius 3 is 2.17 bits per heavy atom. The fraction of sp³-hybridized carbons (Fsp3) is 0.333. The molecule has 0 bridgehead atoms. The average Bonchev–Trinajstić information content (AvgIpc) is 1.38. The minimum Gasteiger partial charge on any atom is -1.00 e. The second kappa shape index (κ2) is 5.91. The molecule has 6 heavy (non-hydrogen) atoms. The number of esters is 1. The summed E-state index contributed by atoms with van der Waals surface area (Å²) in [7, 11) is 1.29. The number of hydrogen-bond acceptors (Lipinski definition) is 2. The summed E-state index contributed by atoms with van der Waals surface area (Å²) in [5.74, 6) is -0.495. The molecule has 0 aromatic rings. The normalized spacial score (nSPS) is 5.50. The maximum absolute atomic E-state index is 9.48. The van der Waals surface area contributed by atoms with E-state index >= 15 is 0 Å². The zero-order valence-electron chi connectivity index (χ0n) is 4.73. The van der Waals surface area contributed by atoms with E-state index in [0.717, 1.165) is 0 Å².